The minimum Gasteiger partial charge on any atom is -0.481 e. The number of carbonyl (C=O) groups excluding carboxylic acids is 1. The Morgan fingerprint density at radius 1 is 1.33 bits per heavy atom. The van der Waals surface area contributed by atoms with Gasteiger partial charge in [-0.25, -0.2) is 0 Å². The Bertz CT molecular complexity index is 332. The third kappa shape index (κ3) is 3.22. The number of carboxylic acids is 1. The number of hydrogen-bond donors (Lipinski definition) is 2. The Morgan fingerprint density at radius 3 is 2.78 bits per heavy atom. The summed E-state index contributed by atoms with van der Waals surface area (Å²) in [5, 5.41) is 12.6. The molecule has 0 aromatic heterocycles. The summed E-state index contributed by atoms with van der Waals surface area (Å²) in [5.41, 5.74) is 0. The second kappa shape index (κ2) is 5.69. The Morgan fingerprint density at radius 2 is 2.11 bits per heavy atom. The Labute approximate surface area is 108 Å². The van der Waals surface area contributed by atoms with E-state index in [2.05, 4.69) is 5.32 Å². The smallest absolute Gasteiger partial charge is 0.306 e. The summed E-state index contributed by atoms with van der Waals surface area (Å²) in [5.74, 6) is -0.656. The SMILES string of the molecule is CN1CC(NC2CCCC(C(=O)O)C2)CCC1=O. The molecule has 102 valence electrons. The molecule has 3 atom stereocenters. The molecule has 0 aromatic carbocycles. The summed E-state index contributed by atoms with van der Waals surface area (Å²) in [6.07, 6.45) is 5.04. The van der Waals surface area contributed by atoms with Crippen LogP contribution >= 0.6 is 0 Å². The number of likely N-dealkylation sites (tertiary alicyclic amines) is 1. The minimum atomic E-state index is -0.669. The average molecular weight is 254 g/mol. The highest BCUT2D eigenvalue weighted by Crippen LogP contribution is 2.25. The standard InChI is InChI=1S/C13H22N2O3/c1-15-8-11(5-6-12(15)16)14-10-4-2-3-9(7-10)13(17)18/h9-11,14H,2-8H2,1H3,(H,17,18). The van der Waals surface area contributed by atoms with Gasteiger partial charge in [0, 0.05) is 32.1 Å². The molecule has 1 saturated heterocycles. The van der Waals surface area contributed by atoms with Gasteiger partial charge in [0.2, 0.25) is 5.91 Å². The molecule has 2 rings (SSSR count). The number of aliphatic carboxylic acids is 1. The number of carboxylic acid groups (broad SMARTS) is 1. The second-order valence-electron chi connectivity index (χ2n) is 5.58. The highest BCUT2D eigenvalue weighted by Gasteiger charge is 2.30. The van der Waals surface area contributed by atoms with Gasteiger partial charge in [0.15, 0.2) is 0 Å². The Kier molecular flexibility index (Phi) is 4.22. The van der Waals surface area contributed by atoms with Crippen LogP contribution in [0.3, 0.4) is 0 Å². The monoisotopic (exact) mass is 254 g/mol. The Balaban J connectivity index is 1.82. The van der Waals surface area contributed by atoms with Gasteiger partial charge in [-0.15, -0.1) is 0 Å². The van der Waals surface area contributed by atoms with E-state index in [0.29, 0.717) is 18.5 Å². The lowest BCUT2D eigenvalue weighted by Gasteiger charge is -2.35. The van der Waals surface area contributed by atoms with Crippen molar-refractivity contribution >= 4 is 11.9 Å². The molecule has 3 unspecified atom stereocenters. The lowest BCUT2D eigenvalue weighted by Crippen LogP contribution is -2.51. The van der Waals surface area contributed by atoms with E-state index >= 15 is 0 Å². The summed E-state index contributed by atoms with van der Waals surface area (Å²) in [7, 11) is 1.83. The molecule has 0 spiro atoms. The first-order valence-corrected chi connectivity index (χ1v) is 6.79. The number of rotatable bonds is 3. The zero-order valence-electron chi connectivity index (χ0n) is 10.9. The summed E-state index contributed by atoms with van der Waals surface area (Å²) in [4.78, 5) is 24.2. The summed E-state index contributed by atoms with van der Waals surface area (Å²) >= 11 is 0. The lowest BCUT2D eigenvalue weighted by molar-refractivity contribution is -0.143. The minimum absolute atomic E-state index is 0.195. The number of amides is 1. The number of carbonyl (C=O) groups is 2. The number of nitrogens with zero attached hydrogens (tertiary/aromatic N) is 1. The van der Waals surface area contributed by atoms with Gasteiger partial charge in [0.05, 0.1) is 5.92 Å². The number of hydrogen-bond acceptors (Lipinski definition) is 3. The van der Waals surface area contributed by atoms with E-state index in [-0.39, 0.29) is 11.8 Å². The summed E-state index contributed by atoms with van der Waals surface area (Å²) in [6.45, 7) is 0.743. The van der Waals surface area contributed by atoms with E-state index < -0.39 is 5.97 Å². The van der Waals surface area contributed by atoms with Gasteiger partial charge in [-0.05, 0) is 25.7 Å². The third-order valence-electron chi connectivity index (χ3n) is 4.12. The van der Waals surface area contributed by atoms with E-state index in [1.807, 2.05) is 7.05 Å². The van der Waals surface area contributed by atoms with Gasteiger partial charge in [0.25, 0.3) is 0 Å². The second-order valence-corrected chi connectivity index (χ2v) is 5.58. The van der Waals surface area contributed by atoms with Crippen molar-refractivity contribution in [1.82, 2.24) is 10.2 Å². The van der Waals surface area contributed by atoms with Gasteiger partial charge in [-0.2, -0.15) is 0 Å². The molecule has 2 fully saturated rings. The number of likely N-dealkylation sites (N-methyl/N-ethyl adjacent to an activating group) is 1. The molecular weight excluding hydrogens is 232 g/mol. The fourth-order valence-electron chi connectivity index (χ4n) is 3.05. The van der Waals surface area contributed by atoms with Gasteiger partial charge in [-0.3, -0.25) is 9.59 Å². The first-order valence-electron chi connectivity index (χ1n) is 6.79. The van der Waals surface area contributed by atoms with E-state index in [0.717, 1.165) is 38.6 Å². The molecule has 1 amide bonds. The lowest BCUT2D eigenvalue weighted by atomic mass is 9.85. The van der Waals surface area contributed by atoms with Crippen molar-refractivity contribution in [3.05, 3.63) is 0 Å². The van der Waals surface area contributed by atoms with Gasteiger partial charge >= 0.3 is 5.97 Å². The fraction of sp³-hybridized carbons (Fsp3) is 0.846. The Hall–Kier alpha value is -1.10. The molecule has 0 bridgehead atoms. The van der Waals surface area contributed by atoms with Crippen LogP contribution in [0.1, 0.15) is 38.5 Å². The maximum absolute atomic E-state index is 11.4. The van der Waals surface area contributed by atoms with E-state index in [1.165, 1.54) is 0 Å². The van der Waals surface area contributed by atoms with E-state index in [4.69, 9.17) is 5.11 Å². The van der Waals surface area contributed by atoms with Crippen molar-refractivity contribution in [3.63, 3.8) is 0 Å². The van der Waals surface area contributed by atoms with Crippen molar-refractivity contribution in [2.24, 2.45) is 5.92 Å². The van der Waals surface area contributed by atoms with Gasteiger partial charge < -0.3 is 15.3 Å². The van der Waals surface area contributed by atoms with Crippen LogP contribution in [-0.4, -0.2) is 47.6 Å². The van der Waals surface area contributed by atoms with Crippen LogP contribution in [0.4, 0.5) is 0 Å². The highest BCUT2D eigenvalue weighted by atomic mass is 16.4. The van der Waals surface area contributed by atoms with Crippen LogP contribution in [0.5, 0.6) is 0 Å². The molecule has 0 aromatic rings. The maximum Gasteiger partial charge on any atom is 0.306 e. The van der Waals surface area contributed by atoms with Crippen molar-refractivity contribution in [2.75, 3.05) is 13.6 Å². The van der Waals surface area contributed by atoms with Crippen molar-refractivity contribution < 1.29 is 14.7 Å². The molecule has 2 aliphatic rings. The molecule has 5 nitrogen and oxygen atoms in total. The quantitative estimate of drug-likeness (QED) is 0.783. The molecular formula is C13H22N2O3. The normalized spacial score (nSPS) is 33.5. The molecule has 1 aliphatic carbocycles. The van der Waals surface area contributed by atoms with Crippen molar-refractivity contribution in [1.29, 1.82) is 0 Å². The molecule has 1 saturated carbocycles. The number of piperidine rings is 1. The zero-order chi connectivity index (χ0) is 13.1. The predicted octanol–water partition coefficient (Wildman–Crippen LogP) is 0.840. The van der Waals surface area contributed by atoms with Crippen LogP contribution in [0.25, 0.3) is 0 Å². The summed E-state index contributed by atoms with van der Waals surface area (Å²) < 4.78 is 0. The predicted molar refractivity (Wildman–Crippen MR) is 67.2 cm³/mol. The zero-order valence-corrected chi connectivity index (χ0v) is 10.9. The first kappa shape index (κ1) is 13.3. The number of nitrogens with one attached hydrogen (secondary N) is 1. The van der Waals surface area contributed by atoms with Crippen LogP contribution in [-0.2, 0) is 9.59 Å². The van der Waals surface area contributed by atoms with Gasteiger partial charge in [-0.1, -0.05) is 6.42 Å². The molecule has 1 heterocycles. The molecule has 0 radical (unpaired) electrons. The third-order valence-corrected chi connectivity index (χ3v) is 4.12. The maximum atomic E-state index is 11.4. The van der Waals surface area contributed by atoms with Crippen molar-refractivity contribution in [3.8, 4) is 0 Å². The summed E-state index contributed by atoms with van der Waals surface area (Å²) in [6, 6.07) is 0.622. The van der Waals surface area contributed by atoms with Crippen LogP contribution in [0, 0.1) is 5.92 Å². The fourth-order valence-corrected chi connectivity index (χ4v) is 3.05. The first-order chi connectivity index (χ1) is 8.56. The topological polar surface area (TPSA) is 69.6 Å². The van der Waals surface area contributed by atoms with Gasteiger partial charge in [0.1, 0.15) is 0 Å². The van der Waals surface area contributed by atoms with Crippen LogP contribution in [0.15, 0.2) is 0 Å². The van der Waals surface area contributed by atoms with Crippen LogP contribution in [0.2, 0.25) is 0 Å². The molecule has 1 aliphatic heterocycles. The highest BCUT2D eigenvalue weighted by molar-refractivity contribution is 5.76. The van der Waals surface area contributed by atoms with Crippen molar-refractivity contribution in [2.45, 2.75) is 50.6 Å². The largest absolute Gasteiger partial charge is 0.481 e. The molecule has 2 N–H and O–H groups in total. The van der Waals surface area contributed by atoms with E-state index in [1.54, 1.807) is 4.90 Å². The van der Waals surface area contributed by atoms with Crippen LogP contribution < -0.4 is 5.32 Å². The molecule has 18 heavy (non-hydrogen) atoms. The van der Waals surface area contributed by atoms with E-state index in [9.17, 15) is 9.59 Å². The average Bonchev–Trinajstić information content (AvgIpc) is 2.34. The molecule has 5 heteroatoms.